The molecule has 1 amide bonds. The van der Waals surface area contributed by atoms with E-state index < -0.39 is 0 Å². The summed E-state index contributed by atoms with van der Waals surface area (Å²) >= 11 is 9.04. The first-order chi connectivity index (χ1) is 15.2. The number of hydrogen-bond acceptors (Lipinski definition) is 6. The van der Waals surface area contributed by atoms with Gasteiger partial charge in [-0.25, -0.2) is 4.98 Å². The van der Waals surface area contributed by atoms with Gasteiger partial charge in [0.15, 0.2) is 5.16 Å². The monoisotopic (exact) mass is 467 g/mol. The lowest BCUT2D eigenvalue weighted by molar-refractivity contribution is -0.113. The zero-order valence-electron chi connectivity index (χ0n) is 16.3. The molecule has 0 unspecified atom stereocenters. The summed E-state index contributed by atoms with van der Waals surface area (Å²) in [6.07, 6.45) is 3.39. The van der Waals surface area contributed by atoms with E-state index in [2.05, 4.69) is 20.5 Å². The number of nitrogens with one attached hydrogen (secondary N) is 1. The summed E-state index contributed by atoms with van der Waals surface area (Å²) in [5.74, 6) is 0.880. The third-order valence-electron chi connectivity index (χ3n) is 4.17. The predicted octanol–water partition coefficient (Wildman–Crippen LogP) is 5.34. The zero-order chi connectivity index (χ0) is 21.5. The number of thioether (sulfide) groups is 2. The molecule has 0 saturated carbocycles. The van der Waals surface area contributed by atoms with Crippen molar-refractivity contribution in [3.8, 4) is 5.69 Å². The fourth-order valence-electron chi connectivity index (χ4n) is 2.78. The van der Waals surface area contributed by atoms with Gasteiger partial charge >= 0.3 is 0 Å². The van der Waals surface area contributed by atoms with Gasteiger partial charge in [0.1, 0.15) is 6.33 Å². The zero-order valence-corrected chi connectivity index (χ0v) is 18.7. The summed E-state index contributed by atoms with van der Waals surface area (Å²) in [6.45, 7) is 0. The first-order valence-corrected chi connectivity index (χ1v) is 11.7. The van der Waals surface area contributed by atoms with Crippen LogP contribution in [-0.4, -0.2) is 31.4 Å². The Kier molecular flexibility index (Phi) is 7.24. The lowest BCUT2D eigenvalue weighted by atomic mass is 10.2. The van der Waals surface area contributed by atoms with Crippen LogP contribution < -0.4 is 5.32 Å². The van der Waals surface area contributed by atoms with Crippen molar-refractivity contribution >= 4 is 46.7 Å². The van der Waals surface area contributed by atoms with Crippen LogP contribution in [0, 0.1) is 0 Å². The second kappa shape index (κ2) is 10.5. The number of rotatable bonds is 8. The maximum Gasteiger partial charge on any atom is 0.234 e. The maximum atomic E-state index is 12.5. The molecule has 0 aliphatic rings. The summed E-state index contributed by atoms with van der Waals surface area (Å²) in [6, 6.07) is 21.1. The third kappa shape index (κ3) is 6.10. The van der Waals surface area contributed by atoms with E-state index in [9.17, 15) is 4.79 Å². The first-order valence-electron chi connectivity index (χ1n) is 9.39. The Morgan fingerprint density at radius 2 is 1.94 bits per heavy atom. The molecule has 31 heavy (non-hydrogen) atoms. The number of carbonyl (C=O) groups is 1. The summed E-state index contributed by atoms with van der Waals surface area (Å²) in [5.41, 5.74) is 2.72. The normalized spacial score (nSPS) is 10.7. The van der Waals surface area contributed by atoms with Crippen LogP contribution in [0.4, 0.5) is 5.69 Å². The van der Waals surface area contributed by atoms with Gasteiger partial charge in [-0.15, -0.1) is 22.0 Å². The molecule has 9 heteroatoms. The van der Waals surface area contributed by atoms with Gasteiger partial charge in [-0.1, -0.05) is 47.6 Å². The van der Waals surface area contributed by atoms with Crippen molar-refractivity contribution < 1.29 is 4.79 Å². The van der Waals surface area contributed by atoms with Crippen molar-refractivity contribution in [1.82, 2.24) is 19.7 Å². The van der Waals surface area contributed by atoms with Crippen LogP contribution in [-0.2, 0) is 10.5 Å². The van der Waals surface area contributed by atoms with Crippen LogP contribution in [0.25, 0.3) is 5.69 Å². The molecule has 2 aromatic heterocycles. The SMILES string of the molecule is O=C(CSc1nncn1-c1cccc(Cl)c1)Nc1cccc(CSc2ccccn2)c1. The van der Waals surface area contributed by atoms with Gasteiger partial charge in [0, 0.05) is 22.7 Å². The number of pyridine rings is 1. The molecule has 2 heterocycles. The number of halogens is 1. The van der Waals surface area contributed by atoms with E-state index in [1.807, 2.05) is 60.7 Å². The van der Waals surface area contributed by atoms with Gasteiger partial charge < -0.3 is 5.32 Å². The standard InChI is InChI=1S/C22H18ClN5OS2/c23-17-6-4-8-19(12-17)28-15-25-27-22(28)31-14-20(29)26-18-7-3-5-16(11-18)13-30-21-9-1-2-10-24-21/h1-12,15H,13-14H2,(H,26,29). The van der Waals surface area contributed by atoms with E-state index in [0.717, 1.165) is 27.7 Å². The van der Waals surface area contributed by atoms with Crippen molar-refractivity contribution in [3.05, 3.63) is 89.8 Å². The number of aromatic nitrogens is 4. The minimum Gasteiger partial charge on any atom is -0.325 e. The Hall–Kier alpha value is -2.81. The molecule has 0 spiro atoms. The summed E-state index contributed by atoms with van der Waals surface area (Å²) in [7, 11) is 0. The number of hydrogen-bond donors (Lipinski definition) is 1. The Labute approximate surface area is 193 Å². The van der Waals surface area contributed by atoms with E-state index in [1.165, 1.54) is 11.8 Å². The summed E-state index contributed by atoms with van der Waals surface area (Å²) in [5, 5.41) is 13.2. The van der Waals surface area contributed by atoms with Gasteiger partial charge in [0.05, 0.1) is 16.5 Å². The van der Waals surface area contributed by atoms with Gasteiger partial charge in [-0.3, -0.25) is 9.36 Å². The van der Waals surface area contributed by atoms with Gasteiger partial charge in [0.2, 0.25) is 5.91 Å². The topological polar surface area (TPSA) is 72.7 Å². The second-order valence-electron chi connectivity index (χ2n) is 6.46. The van der Waals surface area contributed by atoms with E-state index in [0.29, 0.717) is 10.2 Å². The predicted molar refractivity (Wildman–Crippen MR) is 126 cm³/mol. The van der Waals surface area contributed by atoms with Crippen LogP contribution in [0.2, 0.25) is 5.02 Å². The highest BCUT2D eigenvalue weighted by atomic mass is 35.5. The number of anilines is 1. The first kappa shape index (κ1) is 21.4. The van der Waals surface area contributed by atoms with Gasteiger partial charge in [-0.2, -0.15) is 0 Å². The molecule has 0 saturated heterocycles. The minimum absolute atomic E-state index is 0.111. The van der Waals surface area contributed by atoms with Gasteiger partial charge in [0.25, 0.3) is 0 Å². The van der Waals surface area contributed by atoms with E-state index in [4.69, 9.17) is 11.6 Å². The third-order valence-corrected chi connectivity index (χ3v) is 6.36. The van der Waals surface area contributed by atoms with E-state index in [1.54, 1.807) is 34.9 Å². The fraction of sp³-hybridized carbons (Fsp3) is 0.0909. The molecule has 0 atom stereocenters. The average Bonchev–Trinajstić information content (AvgIpc) is 3.26. The highest BCUT2D eigenvalue weighted by Gasteiger charge is 2.11. The smallest absolute Gasteiger partial charge is 0.234 e. The molecule has 6 nitrogen and oxygen atoms in total. The largest absolute Gasteiger partial charge is 0.325 e. The van der Waals surface area contributed by atoms with Crippen LogP contribution in [0.3, 0.4) is 0 Å². The average molecular weight is 468 g/mol. The highest BCUT2D eigenvalue weighted by molar-refractivity contribution is 7.99. The minimum atomic E-state index is -0.111. The van der Waals surface area contributed by atoms with Crippen LogP contribution in [0.15, 0.2) is 89.4 Å². The van der Waals surface area contributed by atoms with Gasteiger partial charge in [-0.05, 0) is 48.0 Å². The van der Waals surface area contributed by atoms with Crippen LogP contribution in [0.5, 0.6) is 0 Å². The molecule has 4 aromatic rings. The molecule has 2 aromatic carbocycles. The Morgan fingerprint density at radius 1 is 1.03 bits per heavy atom. The molecule has 0 aliphatic heterocycles. The number of carbonyl (C=O) groups excluding carboxylic acids is 1. The van der Waals surface area contributed by atoms with E-state index in [-0.39, 0.29) is 11.7 Å². The summed E-state index contributed by atoms with van der Waals surface area (Å²) < 4.78 is 1.80. The molecular weight excluding hydrogens is 450 g/mol. The lowest BCUT2D eigenvalue weighted by Crippen LogP contribution is -2.14. The Bertz CT molecular complexity index is 1170. The molecule has 0 bridgehead atoms. The Balaban J connectivity index is 1.33. The molecule has 0 aliphatic carbocycles. The lowest BCUT2D eigenvalue weighted by Gasteiger charge is -2.08. The number of nitrogens with zero attached hydrogens (tertiary/aromatic N) is 4. The quantitative estimate of drug-likeness (QED) is 0.353. The van der Waals surface area contributed by atoms with Crippen molar-refractivity contribution in [1.29, 1.82) is 0 Å². The van der Waals surface area contributed by atoms with Crippen molar-refractivity contribution in [3.63, 3.8) is 0 Å². The van der Waals surface area contributed by atoms with Crippen molar-refractivity contribution in [2.75, 3.05) is 11.1 Å². The molecule has 1 N–H and O–H groups in total. The Morgan fingerprint density at radius 3 is 2.77 bits per heavy atom. The maximum absolute atomic E-state index is 12.5. The van der Waals surface area contributed by atoms with E-state index >= 15 is 0 Å². The molecule has 4 rings (SSSR count). The molecular formula is C22H18ClN5OS2. The molecule has 0 radical (unpaired) electrons. The highest BCUT2D eigenvalue weighted by Crippen LogP contribution is 2.24. The molecule has 0 fully saturated rings. The number of benzene rings is 2. The van der Waals surface area contributed by atoms with Crippen molar-refractivity contribution in [2.24, 2.45) is 0 Å². The fourth-order valence-corrected chi connectivity index (χ4v) is 4.50. The van der Waals surface area contributed by atoms with Crippen LogP contribution in [0.1, 0.15) is 5.56 Å². The van der Waals surface area contributed by atoms with Crippen molar-refractivity contribution in [2.45, 2.75) is 15.9 Å². The second-order valence-corrected chi connectivity index (χ2v) is 8.83. The molecule has 156 valence electrons. The van der Waals surface area contributed by atoms with Crippen LogP contribution >= 0.6 is 35.1 Å². The summed E-state index contributed by atoms with van der Waals surface area (Å²) in [4.78, 5) is 16.8. The number of amides is 1.